The first-order chi connectivity index (χ1) is 12.9. The van der Waals surface area contributed by atoms with E-state index >= 15 is 0 Å². The highest BCUT2D eigenvalue weighted by Gasteiger charge is 2.00. The number of nitrogens with zero attached hydrogens (tertiary/aromatic N) is 3. The van der Waals surface area contributed by atoms with E-state index in [9.17, 15) is 0 Å². The summed E-state index contributed by atoms with van der Waals surface area (Å²) in [5, 5.41) is 1.02. The Morgan fingerprint density at radius 1 is 1.04 bits per heavy atom. The van der Waals surface area contributed by atoms with E-state index in [0.717, 1.165) is 34.8 Å². The van der Waals surface area contributed by atoms with Crippen molar-refractivity contribution in [3.8, 4) is 5.75 Å². The Hall–Kier alpha value is -2.92. The first kappa shape index (κ1) is 16.5. The van der Waals surface area contributed by atoms with Gasteiger partial charge in [-0.2, -0.15) is 0 Å². The first-order valence-electron chi connectivity index (χ1n) is 8.59. The van der Waals surface area contributed by atoms with Gasteiger partial charge in [0.2, 0.25) is 0 Å². The number of imidazole rings is 1. The van der Waals surface area contributed by atoms with Crippen LogP contribution < -0.4 is 4.74 Å². The molecule has 26 heavy (non-hydrogen) atoms. The van der Waals surface area contributed by atoms with E-state index in [2.05, 4.69) is 44.9 Å². The van der Waals surface area contributed by atoms with Crippen molar-refractivity contribution in [2.24, 2.45) is 0 Å². The summed E-state index contributed by atoms with van der Waals surface area (Å²) in [6.45, 7) is 1.61. The number of ether oxygens (including phenoxy) is 1. The van der Waals surface area contributed by atoms with Crippen LogP contribution in [0.5, 0.6) is 5.75 Å². The Kier molecular flexibility index (Phi) is 5.07. The van der Waals surface area contributed by atoms with Crippen molar-refractivity contribution in [2.75, 3.05) is 6.61 Å². The van der Waals surface area contributed by atoms with Gasteiger partial charge in [0, 0.05) is 18.9 Å². The molecule has 0 unspecified atom stereocenters. The molecule has 0 spiro atoms. The highest BCUT2D eigenvalue weighted by Crippen LogP contribution is 2.23. The summed E-state index contributed by atoms with van der Waals surface area (Å²) in [6.07, 6.45) is 10.7. The van der Waals surface area contributed by atoms with E-state index in [1.54, 1.807) is 17.5 Å². The van der Waals surface area contributed by atoms with Crippen LogP contribution in [0.3, 0.4) is 0 Å². The van der Waals surface area contributed by atoms with E-state index in [4.69, 9.17) is 4.74 Å². The molecular formula is C21H19N3OS. The van der Waals surface area contributed by atoms with Gasteiger partial charge in [0.05, 0.1) is 23.2 Å². The molecule has 2 aromatic carbocycles. The molecule has 0 fully saturated rings. The number of thiazole rings is 1. The molecule has 0 aliphatic carbocycles. The molecule has 0 saturated carbocycles. The van der Waals surface area contributed by atoms with Crippen molar-refractivity contribution < 1.29 is 4.74 Å². The molecule has 0 amide bonds. The van der Waals surface area contributed by atoms with E-state index in [1.807, 2.05) is 42.9 Å². The van der Waals surface area contributed by atoms with Crippen LogP contribution in [0.2, 0.25) is 0 Å². The Bertz CT molecular complexity index is 955. The molecule has 0 saturated heterocycles. The second kappa shape index (κ2) is 7.97. The van der Waals surface area contributed by atoms with Gasteiger partial charge in [-0.15, -0.1) is 11.3 Å². The minimum absolute atomic E-state index is 0.694. The predicted octanol–water partition coefficient (Wildman–Crippen LogP) is 5.13. The van der Waals surface area contributed by atoms with Crippen molar-refractivity contribution in [3.05, 3.63) is 77.8 Å². The van der Waals surface area contributed by atoms with Crippen LogP contribution in [0.15, 0.2) is 67.3 Å². The van der Waals surface area contributed by atoms with Crippen molar-refractivity contribution in [1.29, 1.82) is 0 Å². The van der Waals surface area contributed by atoms with Crippen LogP contribution in [0, 0.1) is 0 Å². The number of benzene rings is 2. The second-order valence-electron chi connectivity index (χ2n) is 5.92. The molecule has 0 radical (unpaired) electrons. The third-order valence-electron chi connectivity index (χ3n) is 4.00. The van der Waals surface area contributed by atoms with Gasteiger partial charge in [0.25, 0.3) is 0 Å². The Morgan fingerprint density at radius 2 is 1.92 bits per heavy atom. The van der Waals surface area contributed by atoms with Gasteiger partial charge in [-0.1, -0.05) is 30.3 Å². The number of para-hydroxylation sites is 1. The zero-order valence-corrected chi connectivity index (χ0v) is 15.1. The average molecular weight is 361 g/mol. The molecule has 0 aliphatic rings. The number of hydrogen-bond acceptors (Lipinski definition) is 4. The maximum absolute atomic E-state index is 5.79. The molecule has 130 valence electrons. The van der Waals surface area contributed by atoms with E-state index in [-0.39, 0.29) is 0 Å². The molecule has 4 nitrogen and oxygen atoms in total. The number of rotatable bonds is 7. The molecular weight excluding hydrogens is 342 g/mol. The largest absolute Gasteiger partial charge is 0.494 e. The van der Waals surface area contributed by atoms with Crippen LogP contribution in [-0.2, 0) is 6.54 Å². The second-order valence-corrected chi connectivity index (χ2v) is 6.99. The van der Waals surface area contributed by atoms with Crippen molar-refractivity contribution >= 4 is 33.7 Å². The van der Waals surface area contributed by atoms with Crippen LogP contribution in [0.25, 0.3) is 22.4 Å². The van der Waals surface area contributed by atoms with Gasteiger partial charge < -0.3 is 9.30 Å². The average Bonchev–Trinajstić information content (AvgIpc) is 3.33. The fourth-order valence-electron chi connectivity index (χ4n) is 2.66. The zero-order chi connectivity index (χ0) is 17.6. The number of fused-ring (bicyclic) bond motifs is 1. The van der Waals surface area contributed by atoms with Crippen LogP contribution in [0.1, 0.15) is 17.0 Å². The third kappa shape index (κ3) is 4.18. The molecule has 0 aliphatic heterocycles. The summed E-state index contributed by atoms with van der Waals surface area (Å²) in [5.41, 5.74) is 2.19. The summed E-state index contributed by atoms with van der Waals surface area (Å²) < 4.78 is 9.06. The molecule has 2 heterocycles. The van der Waals surface area contributed by atoms with Gasteiger partial charge in [0.15, 0.2) is 0 Å². The third-order valence-corrected chi connectivity index (χ3v) is 5.00. The zero-order valence-electron chi connectivity index (χ0n) is 14.3. The first-order valence-corrected chi connectivity index (χ1v) is 9.41. The molecule has 4 aromatic rings. The van der Waals surface area contributed by atoms with Crippen molar-refractivity contribution in [3.63, 3.8) is 0 Å². The van der Waals surface area contributed by atoms with Crippen molar-refractivity contribution in [1.82, 2.24) is 14.5 Å². The van der Waals surface area contributed by atoms with Crippen LogP contribution >= 0.6 is 11.3 Å². The lowest BCUT2D eigenvalue weighted by molar-refractivity contribution is 0.302. The van der Waals surface area contributed by atoms with Crippen LogP contribution in [-0.4, -0.2) is 21.1 Å². The number of aromatic nitrogens is 3. The Balaban J connectivity index is 1.30. The molecule has 5 heteroatoms. The SMILES string of the molecule is C(=C\c1nc2ccccc2s1)/c1ccc(OCCCn2ccnc2)cc1. The summed E-state index contributed by atoms with van der Waals surface area (Å²) in [7, 11) is 0. The summed E-state index contributed by atoms with van der Waals surface area (Å²) >= 11 is 1.70. The highest BCUT2D eigenvalue weighted by molar-refractivity contribution is 7.19. The van der Waals surface area contributed by atoms with E-state index < -0.39 is 0 Å². The fraction of sp³-hybridized carbons (Fsp3) is 0.143. The highest BCUT2D eigenvalue weighted by atomic mass is 32.1. The Morgan fingerprint density at radius 3 is 2.73 bits per heavy atom. The van der Waals surface area contributed by atoms with Gasteiger partial charge >= 0.3 is 0 Å². The molecule has 0 atom stereocenters. The smallest absolute Gasteiger partial charge is 0.119 e. The van der Waals surface area contributed by atoms with Gasteiger partial charge in [-0.25, -0.2) is 9.97 Å². The summed E-state index contributed by atoms with van der Waals surface area (Å²) in [4.78, 5) is 8.65. The topological polar surface area (TPSA) is 39.9 Å². The number of hydrogen-bond donors (Lipinski definition) is 0. The van der Waals surface area contributed by atoms with Crippen LogP contribution in [0.4, 0.5) is 0 Å². The number of aryl methyl sites for hydroxylation is 1. The minimum Gasteiger partial charge on any atom is -0.494 e. The molecule has 4 rings (SSSR count). The quantitative estimate of drug-likeness (QED) is 0.428. The lowest BCUT2D eigenvalue weighted by Crippen LogP contribution is -2.02. The van der Waals surface area contributed by atoms with E-state index in [1.165, 1.54) is 4.70 Å². The van der Waals surface area contributed by atoms with Crippen molar-refractivity contribution in [2.45, 2.75) is 13.0 Å². The lowest BCUT2D eigenvalue weighted by atomic mass is 10.2. The van der Waals surface area contributed by atoms with Gasteiger partial charge in [0.1, 0.15) is 10.8 Å². The monoisotopic (exact) mass is 361 g/mol. The minimum atomic E-state index is 0.694. The standard InChI is InChI=1S/C21H19N3OS/c1-2-5-20-19(4-1)23-21(26-20)11-8-17-6-9-18(10-7-17)25-15-3-13-24-14-12-22-16-24/h1-2,4-12,14,16H,3,13,15H2/b11-8+. The summed E-state index contributed by atoms with van der Waals surface area (Å²) in [6, 6.07) is 16.4. The maximum atomic E-state index is 5.79. The predicted molar refractivity (Wildman–Crippen MR) is 107 cm³/mol. The lowest BCUT2D eigenvalue weighted by Gasteiger charge is -2.06. The van der Waals surface area contributed by atoms with Gasteiger partial charge in [-0.3, -0.25) is 0 Å². The van der Waals surface area contributed by atoms with Gasteiger partial charge in [-0.05, 0) is 42.3 Å². The maximum Gasteiger partial charge on any atom is 0.119 e. The molecule has 0 bridgehead atoms. The normalized spacial score (nSPS) is 11.4. The molecule has 2 aromatic heterocycles. The van der Waals surface area contributed by atoms with E-state index in [0.29, 0.717) is 6.61 Å². The summed E-state index contributed by atoms with van der Waals surface area (Å²) in [5.74, 6) is 0.896. The Labute approximate surface area is 156 Å². The fourth-order valence-corrected chi connectivity index (χ4v) is 3.53. The molecule has 0 N–H and O–H groups in total.